The number of hydrogen-bond donors (Lipinski definition) is 3. The molecule has 3 aromatic heterocycles. The average molecular weight is 497 g/mol. The standard InChI is InChI=1S/C27H28N8S/c1-17(19-8-9-31-24(14-19)34-27-33-22-4-2-3-5-23(22)36-27)32-26(35-12-10-29-11-13-35)25-20(18-6-7-18)15-30-16-21(25)28/h2-5,8-9,14-16,18,29H,1,6-7,10-13,28H2,(H,31,33,34). The van der Waals surface area contributed by atoms with Gasteiger partial charge in [-0.15, -0.1) is 0 Å². The molecule has 1 saturated carbocycles. The minimum Gasteiger partial charge on any atom is -0.397 e. The van der Waals surface area contributed by atoms with E-state index >= 15 is 0 Å². The normalized spacial score (nSPS) is 16.3. The fourth-order valence-corrected chi connectivity index (χ4v) is 5.40. The number of pyridine rings is 2. The second kappa shape index (κ2) is 9.67. The lowest BCUT2D eigenvalue weighted by molar-refractivity contribution is 0.358. The first-order valence-electron chi connectivity index (χ1n) is 12.2. The van der Waals surface area contributed by atoms with Crippen molar-refractivity contribution in [2.75, 3.05) is 37.2 Å². The maximum absolute atomic E-state index is 6.51. The highest BCUT2D eigenvalue weighted by atomic mass is 32.1. The van der Waals surface area contributed by atoms with Crippen molar-refractivity contribution in [3.05, 3.63) is 78.3 Å². The monoisotopic (exact) mass is 496 g/mol. The van der Waals surface area contributed by atoms with Gasteiger partial charge >= 0.3 is 0 Å². The van der Waals surface area contributed by atoms with E-state index in [2.05, 4.69) is 43.1 Å². The van der Waals surface area contributed by atoms with Gasteiger partial charge in [-0.2, -0.15) is 0 Å². The van der Waals surface area contributed by atoms with Crippen LogP contribution >= 0.6 is 11.3 Å². The van der Waals surface area contributed by atoms with Crippen molar-refractivity contribution >= 4 is 49.7 Å². The number of aromatic nitrogens is 3. The van der Waals surface area contributed by atoms with Gasteiger partial charge in [0.15, 0.2) is 5.13 Å². The van der Waals surface area contributed by atoms with E-state index in [-0.39, 0.29) is 0 Å². The Kier molecular flexibility index (Phi) is 6.08. The molecule has 4 N–H and O–H groups in total. The second-order valence-electron chi connectivity index (χ2n) is 9.13. The number of nitrogens with two attached hydrogens (primary N) is 1. The van der Waals surface area contributed by atoms with Crippen LogP contribution in [0.1, 0.15) is 35.4 Å². The third-order valence-electron chi connectivity index (χ3n) is 6.52. The number of para-hydroxylation sites is 1. The minimum atomic E-state index is 0.503. The topological polar surface area (TPSA) is 104 Å². The molecule has 0 atom stereocenters. The number of nitrogen functional groups attached to an aromatic ring is 1. The highest BCUT2D eigenvalue weighted by Crippen LogP contribution is 2.43. The van der Waals surface area contributed by atoms with Gasteiger partial charge in [-0.1, -0.05) is 30.0 Å². The first-order chi connectivity index (χ1) is 17.7. The number of thiazole rings is 1. The van der Waals surface area contributed by atoms with E-state index in [0.29, 0.717) is 23.1 Å². The molecule has 4 heterocycles. The van der Waals surface area contributed by atoms with E-state index in [1.165, 1.54) is 18.4 Å². The lowest BCUT2D eigenvalue weighted by Gasteiger charge is -2.32. The summed E-state index contributed by atoms with van der Waals surface area (Å²) in [6.45, 7) is 7.86. The van der Waals surface area contributed by atoms with Crippen LogP contribution in [-0.2, 0) is 0 Å². The number of hydrogen-bond acceptors (Lipinski definition) is 8. The van der Waals surface area contributed by atoms with Gasteiger partial charge in [0.2, 0.25) is 0 Å². The number of amidine groups is 1. The SMILES string of the molecule is C=C(N=C(c1c(N)cncc1C1CC1)N1CCNCC1)c1ccnc(Nc2nc3ccccc3s2)c1. The van der Waals surface area contributed by atoms with Crippen LogP contribution in [0.5, 0.6) is 0 Å². The molecule has 4 aromatic rings. The zero-order valence-electron chi connectivity index (χ0n) is 19.9. The lowest BCUT2D eigenvalue weighted by Crippen LogP contribution is -2.47. The summed E-state index contributed by atoms with van der Waals surface area (Å²) >= 11 is 1.60. The van der Waals surface area contributed by atoms with Crippen LogP contribution in [0.3, 0.4) is 0 Å². The molecule has 8 nitrogen and oxygen atoms in total. The minimum absolute atomic E-state index is 0.503. The van der Waals surface area contributed by atoms with Crippen LogP contribution in [0.2, 0.25) is 0 Å². The van der Waals surface area contributed by atoms with Crippen molar-refractivity contribution in [2.45, 2.75) is 18.8 Å². The first-order valence-corrected chi connectivity index (χ1v) is 13.0. The highest BCUT2D eigenvalue weighted by Gasteiger charge is 2.31. The maximum atomic E-state index is 6.51. The molecular formula is C27H28N8S. The third kappa shape index (κ3) is 4.67. The van der Waals surface area contributed by atoms with Crippen molar-refractivity contribution in [3.8, 4) is 0 Å². The molecule has 0 unspecified atom stereocenters. The smallest absolute Gasteiger partial charge is 0.189 e. The van der Waals surface area contributed by atoms with Crippen LogP contribution < -0.4 is 16.4 Å². The van der Waals surface area contributed by atoms with Gasteiger partial charge in [0.25, 0.3) is 0 Å². The van der Waals surface area contributed by atoms with Crippen LogP contribution in [0.25, 0.3) is 15.9 Å². The maximum Gasteiger partial charge on any atom is 0.189 e. The Hall–Kier alpha value is -3.82. The molecule has 6 rings (SSSR count). The number of anilines is 3. The summed E-state index contributed by atoms with van der Waals surface area (Å²) in [5.41, 5.74) is 11.9. The molecule has 0 spiro atoms. The van der Waals surface area contributed by atoms with Gasteiger partial charge in [-0.05, 0) is 48.6 Å². The van der Waals surface area contributed by atoms with Crippen molar-refractivity contribution in [3.63, 3.8) is 0 Å². The fourth-order valence-electron chi connectivity index (χ4n) is 4.52. The predicted molar refractivity (Wildman–Crippen MR) is 148 cm³/mol. The van der Waals surface area contributed by atoms with E-state index in [0.717, 1.165) is 58.5 Å². The van der Waals surface area contributed by atoms with Crippen molar-refractivity contribution in [1.82, 2.24) is 25.2 Å². The van der Waals surface area contributed by atoms with Crippen LogP contribution in [-0.4, -0.2) is 51.9 Å². The molecule has 1 aliphatic heterocycles. The van der Waals surface area contributed by atoms with Crippen molar-refractivity contribution in [1.29, 1.82) is 0 Å². The summed E-state index contributed by atoms with van der Waals surface area (Å²) in [5, 5.41) is 7.57. The Morgan fingerprint density at radius 3 is 2.81 bits per heavy atom. The zero-order valence-corrected chi connectivity index (χ0v) is 20.8. The molecular weight excluding hydrogens is 468 g/mol. The first kappa shape index (κ1) is 22.6. The molecule has 36 heavy (non-hydrogen) atoms. The Labute approximate surface area is 214 Å². The summed E-state index contributed by atoms with van der Waals surface area (Å²) < 4.78 is 1.13. The van der Waals surface area contributed by atoms with Crippen molar-refractivity contribution < 1.29 is 0 Å². The quantitative estimate of drug-likeness (QED) is 0.264. The number of nitrogens with zero attached hydrogens (tertiary/aromatic N) is 5. The Balaban J connectivity index is 1.33. The molecule has 9 heteroatoms. The van der Waals surface area contributed by atoms with Gasteiger partial charge < -0.3 is 21.3 Å². The number of rotatable bonds is 6. The number of fused-ring (bicyclic) bond motifs is 1. The average Bonchev–Trinajstić information content (AvgIpc) is 3.67. The van der Waals surface area contributed by atoms with E-state index in [1.807, 2.05) is 36.5 Å². The predicted octanol–water partition coefficient (Wildman–Crippen LogP) is 4.61. The molecule has 0 radical (unpaired) electrons. The molecule has 2 fully saturated rings. The Morgan fingerprint density at radius 1 is 1.17 bits per heavy atom. The number of aliphatic imine (C=N–C) groups is 1. The van der Waals surface area contributed by atoms with Crippen LogP contribution in [0.15, 0.2) is 66.6 Å². The fraction of sp³-hybridized carbons (Fsp3) is 0.259. The summed E-state index contributed by atoms with van der Waals surface area (Å²) in [7, 11) is 0. The number of nitrogens with one attached hydrogen (secondary N) is 2. The Morgan fingerprint density at radius 2 is 2.00 bits per heavy atom. The van der Waals surface area contributed by atoms with Crippen LogP contribution in [0, 0.1) is 0 Å². The summed E-state index contributed by atoms with van der Waals surface area (Å²) in [5.74, 6) is 2.08. The summed E-state index contributed by atoms with van der Waals surface area (Å²) in [6.07, 6.45) is 7.79. The van der Waals surface area contributed by atoms with E-state index in [1.54, 1.807) is 23.7 Å². The molecule has 1 aliphatic carbocycles. The molecule has 0 amide bonds. The Bertz CT molecular complexity index is 1420. The molecule has 1 saturated heterocycles. The number of piperazine rings is 1. The van der Waals surface area contributed by atoms with Gasteiger partial charge in [0.05, 0.1) is 27.8 Å². The van der Waals surface area contributed by atoms with Crippen LogP contribution in [0.4, 0.5) is 16.6 Å². The van der Waals surface area contributed by atoms with Crippen molar-refractivity contribution in [2.24, 2.45) is 4.99 Å². The van der Waals surface area contributed by atoms with E-state index in [4.69, 9.17) is 10.7 Å². The zero-order chi connectivity index (χ0) is 24.5. The summed E-state index contributed by atoms with van der Waals surface area (Å²) in [6, 6.07) is 12.0. The molecule has 2 aliphatic rings. The van der Waals surface area contributed by atoms with E-state index in [9.17, 15) is 0 Å². The van der Waals surface area contributed by atoms with E-state index < -0.39 is 0 Å². The third-order valence-corrected chi connectivity index (χ3v) is 7.48. The van der Waals surface area contributed by atoms with Gasteiger partial charge in [-0.3, -0.25) is 4.98 Å². The highest BCUT2D eigenvalue weighted by molar-refractivity contribution is 7.22. The summed E-state index contributed by atoms with van der Waals surface area (Å²) in [4.78, 5) is 20.9. The second-order valence-corrected chi connectivity index (χ2v) is 10.2. The van der Waals surface area contributed by atoms with Gasteiger partial charge in [0.1, 0.15) is 11.7 Å². The van der Waals surface area contributed by atoms with Gasteiger partial charge in [-0.25, -0.2) is 15.0 Å². The molecule has 1 aromatic carbocycles. The molecule has 182 valence electrons. The number of benzene rings is 1. The van der Waals surface area contributed by atoms with Gasteiger partial charge in [0, 0.05) is 49.7 Å². The lowest BCUT2D eigenvalue weighted by atomic mass is 10.0. The molecule has 0 bridgehead atoms. The largest absolute Gasteiger partial charge is 0.397 e.